The van der Waals surface area contributed by atoms with Crippen molar-refractivity contribution < 1.29 is 4.39 Å². The molecule has 6 nitrogen and oxygen atoms in total. The number of halogens is 2. The number of aromatic amines is 1. The van der Waals surface area contributed by atoms with Gasteiger partial charge in [-0.25, -0.2) is 19.3 Å². The highest BCUT2D eigenvalue weighted by Crippen LogP contribution is 2.28. The van der Waals surface area contributed by atoms with Crippen LogP contribution in [0.25, 0.3) is 22.4 Å². The quantitative estimate of drug-likeness (QED) is 0.535. The molecule has 4 rings (SSSR count). The Morgan fingerprint density at radius 2 is 1.97 bits per heavy atom. The molecule has 0 spiro atoms. The molecule has 3 aromatic heterocycles. The van der Waals surface area contributed by atoms with Gasteiger partial charge in [-0.1, -0.05) is 43.8 Å². The van der Waals surface area contributed by atoms with E-state index in [4.69, 9.17) is 11.6 Å². The molecule has 4 heterocycles. The van der Waals surface area contributed by atoms with E-state index in [0.717, 1.165) is 22.4 Å². The van der Waals surface area contributed by atoms with Gasteiger partial charge < -0.3 is 10.3 Å². The van der Waals surface area contributed by atoms with Crippen LogP contribution in [0.1, 0.15) is 33.1 Å². The van der Waals surface area contributed by atoms with Crippen molar-refractivity contribution in [3.05, 3.63) is 35.5 Å². The molecular formula is C20H26ClFN6S. The molecule has 1 saturated heterocycles. The lowest BCUT2D eigenvalue weighted by Crippen LogP contribution is -2.24. The summed E-state index contributed by atoms with van der Waals surface area (Å²) in [5.74, 6) is 0.0534. The summed E-state index contributed by atoms with van der Waals surface area (Å²) in [6.45, 7) is 7.14. The molecule has 29 heavy (non-hydrogen) atoms. The zero-order valence-electron chi connectivity index (χ0n) is 16.9. The van der Waals surface area contributed by atoms with E-state index in [1.807, 2.05) is 11.9 Å². The number of hydrogen-bond donors (Lipinski definition) is 2. The van der Waals surface area contributed by atoms with Gasteiger partial charge in [0.2, 0.25) is 0 Å². The Morgan fingerprint density at radius 1 is 1.21 bits per heavy atom. The van der Waals surface area contributed by atoms with Gasteiger partial charge in [0.1, 0.15) is 5.65 Å². The Kier molecular flexibility index (Phi) is 7.69. The average Bonchev–Trinajstić information content (AvgIpc) is 3.12. The SMILES string of the molecule is CC(C)SN1CCCCC1.CNc1nc(-c2c[nH]c3ncc(Cl)cc23)ncc1F. The van der Waals surface area contributed by atoms with Crippen LogP contribution in [0.3, 0.4) is 0 Å². The van der Waals surface area contributed by atoms with Gasteiger partial charge in [-0.2, -0.15) is 0 Å². The van der Waals surface area contributed by atoms with Gasteiger partial charge in [-0.15, -0.1) is 0 Å². The lowest BCUT2D eigenvalue weighted by atomic mass is 10.2. The van der Waals surface area contributed by atoms with Gasteiger partial charge in [-0.3, -0.25) is 4.31 Å². The maximum atomic E-state index is 13.4. The fourth-order valence-electron chi connectivity index (χ4n) is 3.10. The van der Waals surface area contributed by atoms with Crippen molar-refractivity contribution in [1.29, 1.82) is 0 Å². The molecule has 0 aromatic carbocycles. The van der Waals surface area contributed by atoms with Crippen LogP contribution in [0, 0.1) is 5.82 Å². The molecule has 1 aliphatic rings. The first-order valence-electron chi connectivity index (χ1n) is 9.73. The van der Waals surface area contributed by atoms with Crippen LogP contribution in [0.15, 0.2) is 24.7 Å². The number of piperidine rings is 1. The minimum Gasteiger partial charge on any atom is -0.371 e. The molecule has 0 amide bonds. The van der Waals surface area contributed by atoms with E-state index in [1.165, 1.54) is 32.4 Å². The number of fused-ring (bicyclic) bond motifs is 1. The second-order valence-corrected chi connectivity index (χ2v) is 9.14. The van der Waals surface area contributed by atoms with Gasteiger partial charge >= 0.3 is 0 Å². The van der Waals surface area contributed by atoms with Crippen molar-refractivity contribution in [3.8, 4) is 11.4 Å². The van der Waals surface area contributed by atoms with E-state index in [2.05, 4.69) is 43.4 Å². The molecule has 1 fully saturated rings. The van der Waals surface area contributed by atoms with E-state index in [9.17, 15) is 4.39 Å². The third-order valence-corrected chi connectivity index (χ3v) is 5.69. The fraction of sp³-hybridized carbons (Fsp3) is 0.450. The smallest absolute Gasteiger partial charge is 0.183 e. The van der Waals surface area contributed by atoms with Crippen LogP contribution < -0.4 is 5.32 Å². The van der Waals surface area contributed by atoms with Gasteiger partial charge in [0, 0.05) is 48.7 Å². The zero-order valence-corrected chi connectivity index (χ0v) is 18.4. The number of aromatic nitrogens is 4. The monoisotopic (exact) mass is 436 g/mol. The third-order valence-electron chi connectivity index (χ3n) is 4.39. The van der Waals surface area contributed by atoms with Gasteiger partial charge in [0.15, 0.2) is 17.5 Å². The topological polar surface area (TPSA) is 69.7 Å². The number of pyridine rings is 1. The molecule has 0 unspecified atom stereocenters. The lowest BCUT2D eigenvalue weighted by molar-refractivity contribution is 0.379. The number of rotatable bonds is 4. The second-order valence-electron chi connectivity index (χ2n) is 7.04. The Morgan fingerprint density at radius 3 is 2.66 bits per heavy atom. The first kappa shape index (κ1) is 21.8. The van der Waals surface area contributed by atoms with Crippen LogP contribution in [0.2, 0.25) is 5.02 Å². The van der Waals surface area contributed by atoms with E-state index in [-0.39, 0.29) is 5.82 Å². The average molecular weight is 437 g/mol. The zero-order chi connectivity index (χ0) is 20.8. The van der Waals surface area contributed by atoms with Crippen LogP contribution in [-0.4, -0.2) is 49.6 Å². The largest absolute Gasteiger partial charge is 0.371 e. The Bertz CT molecular complexity index is 942. The standard InChI is InChI=1S/C12H9ClFN5.C8H17NS/c1-15-12-9(14)5-18-11(19-12)8-4-17-10-7(8)2-6(13)3-16-10;1-8(2)10-9-6-4-3-5-7-9/h2-5H,1H3,(H,16,17)(H,15,18,19);8H,3-7H2,1-2H3. The summed E-state index contributed by atoms with van der Waals surface area (Å²) < 4.78 is 15.9. The van der Waals surface area contributed by atoms with Gasteiger partial charge in [0.05, 0.1) is 11.2 Å². The number of hydrogen-bond acceptors (Lipinski definition) is 6. The van der Waals surface area contributed by atoms with Crippen molar-refractivity contribution in [3.63, 3.8) is 0 Å². The molecule has 0 saturated carbocycles. The summed E-state index contributed by atoms with van der Waals surface area (Å²) in [7, 11) is 1.60. The molecule has 3 aromatic rings. The maximum Gasteiger partial charge on any atom is 0.183 e. The van der Waals surface area contributed by atoms with Crippen molar-refractivity contribution in [1.82, 2.24) is 24.2 Å². The van der Waals surface area contributed by atoms with Crippen LogP contribution >= 0.6 is 23.5 Å². The summed E-state index contributed by atoms with van der Waals surface area (Å²) in [6, 6.07) is 1.77. The van der Waals surface area contributed by atoms with Crippen molar-refractivity contribution in [2.75, 3.05) is 25.5 Å². The summed E-state index contributed by atoms with van der Waals surface area (Å²) in [4.78, 5) is 15.3. The minimum absolute atomic E-state index is 0.148. The molecule has 156 valence electrons. The lowest BCUT2D eigenvalue weighted by Gasteiger charge is -2.26. The molecule has 0 atom stereocenters. The molecule has 2 N–H and O–H groups in total. The van der Waals surface area contributed by atoms with Crippen molar-refractivity contribution >= 4 is 40.4 Å². The Labute approximate surface area is 179 Å². The summed E-state index contributed by atoms with van der Waals surface area (Å²) in [6.07, 6.45) is 8.65. The van der Waals surface area contributed by atoms with E-state index in [0.29, 0.717) is 16.5 Å². The summed E-state index contributed by atoms with van der Waals surface area (Å²) >= 11 is 7.94. The predicted octanol–water partition coefficient (Wildman–Crippen LogP) is 5.38. The second kappa shape index (κ2) is 10.2. The third kappa shape index (κ3) is 5.81. The van der Waals surface area contributed by atoms with Crippen LogP contribution in [0.5, 0.6) is 0 Å². The number of anilines is 1. The molecule has 1 aliphatic heterocycles. The highest BCUT2D eigenvalue weighted by Gasteiger charge is 2.13. The number of nitrogens with zero attached hydrogens (tertiary/aromatic N) is 4. The van der Waals surface area contributed by atoms with Crippen LogP contribution in [-0.2, 0) is 0 Å². The van der Waals surface area contributed by atoms with Gasteiger partial charge in [0.25, 0.3) is 0 Å². The first-order chi connectivity index (χ1) is 14.0. The minimum atomic E-state index is -0.498. The van der Waals surface area contributed by atoms with E-state index in [1.54, 1.807) is 25.5 Å². The van der Waals surface area contributed by atoms with Crippen molar-refractivity contribution in [2.45, 2.75) is 38.4 Å². The van der Waals surface area contributed by atoms with Gasteiger partial charge in [-0.05, 0) is 18.9 Å². The molecule has 0 aliphatic carbocycles. The summed E-state index contributed by atoms with van der Waals surface area (Å²) in [5, 5.41) is 4.75. The highest BCUT2D eigenvalue weighted by atomic mass is 35.5. The number of nitrogens with one attached hydrogen (secondary N) is 2. The highest BCUT2D eigenvalue weighted by molar-refractivity contribution is 7.97. The molecule has 0 bridgehead atoms. The maximum absolute atomic E-state index is 13.4. The normalized spacial score (nSPS) is 14.7. The first-order valence-corrected chi connectivity index (χ1v) is 10.9. The Hall–Kier alpha value is -1.90. The molecule has 9 heteroatoms. The molecular weight excluding hydrogens is 411 g/mol. The molecule has 0 radical (unpaired) electrons. The van der Waals surface area contributed by atoms with Crippen molar-refractivity contribution in [2.24, 2.45) is 0 Å². The van der Waals surface area contributed by atoms with Crippen LogP contribution in [0.4, 0.5) is 10.2 Å². The Balaban J connectivity index is 0.000000204. The fourth-order valence-corrected chi connectivity index (χ4v) is 4.33. The summed E-state index contributed by atoms with van der Waals surface area (Å²) in [5.41, 5.74) is 1.40. The number of H-pyrrole nitrogens is 1. The van der Waals surface area contributed by atoms with E-state index >= 15 is 0 Å². The predicted molar refractivity (Wildman–Crippen MR) is 120 cm³/mol. The van der Waals surface area contributed by atoms with E-state index < -0.39 is 5.82 Å².